The topological polar surface area (TPSA) is 39.7 Å². The van der Waals surface area contributed by atoms with Crippen LogP contribution < -0.4 is 19.5 Å². The lowest BCUT2D eigenvalue weighted by atomic mass is 10.1. The molecule has 1 aromatic carbocycles. The van der Waals surface area contributed by atoms with Crippen molar-refractivity contribution in [2.75, 3.05) is 25.4 Å². The Hall–Kier alpha value is -1.07. The molecule has 3 rings (SSSR count). The maximum absolute atomic E-state index is 5.44. The zero-order valence-corrected chi connectivity index (χ0v) is 11.9. The van der Waals surface area contributed by atoms with Gasteiger partial charge in [0.15, 0.2) is 11.5 Å². The molecule has 0 radical (unpaired) electrons. The number of methoxy groups -OCH3 is 1. The Labute approximate surface area is 117 Å². The lowest BCUT2D eigenvalue weighted by molar-refractivity contribution is 0.171. The molecule has 0 saturated carbocycles. The molecule has 2 aliphatic rings. The highest BCUT2D eigenvalue weighted by molar-refractivity contribution is 7.99. The molecule has 0 spiro atoms. The van der Waals surface area contributed by atoms with Crippen molar-refractivity contribution in [3.05, 3.63) is 17.7 Å². The van der Waals surface area contributed by atoms with Gasteiger partial charge in [-0.15, -0.1) is 0 Å². The van der Waals surface area contributed by atoms with Crippen molar-refractivity contribution in [2.45, 2.75) is 25.4 Å². The monoisotopic (exact) mass is 281 g/mol. The summed E-state index contributed by atoms with van der Waals surface area (Å²) in [5, 5.41) is 3.61. The summed E-state index contributed by atoms with van der Waals surface area (Å²) < 4.78 is 16.2. The molecular formula is C14H19NO3S. The van der Waals surface area contributed by atoms with Gasteiger partial charge >= 0.3 is 0 Å². The standard InChI is InChI=1S/C14H19NO3S/c1-16-12-5-10(6-13-14(12)18-9-17-13)7-15-11-3-2-4-19-8-11/h5-6,11,15H,2-4,7-9H2,1H3. The molecule has 1 saturated heterocycles. The van der Waals surface area contributed by atoms with Crippen LogP contribution in [-0.2, 0) is 6.54 Å². The number of thioether (sulfide) groups is 1. The maximum atomic E-state index is 5.44. The van der Waals surface area contributed by atoms with Crippen molar-refractivity contribution < 1.29 is 14.2 Å². The molecule has 0 bridgehead atoms. The number of benzene rings is 1. The van der Waals surface area contributed by atoms with Crippen molar-refractivity contribution in [1.82, 2.24) is 5.32 Å². The first kappa shape index (κ1) is 12.9. The Morgan fingerprint density at radius 3 is 3.16 bits per heavy atom. The summed E-state index contributed by atoms with van der Waals surface area (Å²) in [5.41, 5.74) is 1.18. The average molecular weight is 281 g/mol. The number of hydrogen-bond acceptors (Lipinski definition) is 5. The second-order valence-corrected chi connectivity index (χ2v) is 5.98. The molecule has 1 unspecified atom stereocenters. The fourth-order valence-corrected chi connectivity index (χ4v) is 3.56. The van der Waals surface area contributed by atoms with Crippen molar-refractivity contribution in [1.29, 1.82) is 0 Å². The van der Waals surface area contributed by atoms with Gasteiger partial charge < -0.3 is 19.5 Å². The Balaban J connectivity index is 1.67. The molecule has 1 atom stereocenters. The molecule has 1 fully saturated rings. The molecule has 1 aromatic rings. The molecule has 4 nitrogen and oxygen atoms in total. The Morgan fingerprint density at radius 1 is 1.42 bits per heavy atom. The SMILES string of the molecule is COc1cc(CNC2CCCSC2)cc2c1OCO2. The van der Waals surface area contributed by atoms with Crippen LogP contribution in [0.5, 0.6) is 17.2 Å². The highest BCUT2D eigenvalue weighted by atomic mass is 32.2. The number of fused-ring (bicyclic) bond motifs is 1. The molecule has 19 heavy (non-hydrogen) atoms. The van der Waals surface area contributed by atoms with E-state index in [0.29, 0.717) is 6.04 Å². The van der Waals surface area contributed by atoms with E-state index in [4.69, 9.17) is 14.2 Å². The highest BCUT2D eigenvalue weighted by Crippen LogP contribution is 2.41. The van der Waals surface area contributed by atoms with Crippen molar-refractivity contribution in [3.63, 3.8) is 0 Å². The van der Waals surface area contributed by atoms with E-state index in [1.807, 2.05) is 23.9 Å². The van der Waals surface area contributed by atoms with Crippen LogP contribution in [0.15, 0.2) is 12.1 Å². The van der Waals surface area contributed by atoms with Crippen LogP contribution >= 0.6 is 11.8 Å². The van der Waals surface area contributed by atoms with Crippen LogP contribution in [0.2, 0.25) is 0 Å². The lowest BCUT2D eigenvalue weighted by Gasteiger charge is -2.22. The van der Waals surface area contributed by atoms with Gasteiger partial charge in [0.25, 0.3) is 0 Å². The van der Waals surface area contributed by atoms with E-state index in [1.165, 1.54) is 29.9 Å². The molecule has 5 heteroatoms. The predicted octanol–water partition coefficient (Wildman–Crippen LogP) is 2.41. The van der Waals surface area contributed by atoms with Gasteiger partial charge in [-0.3, -0.25) is 0 Å². The molecule has 0 aliphatic carbocycles. The zero-order chi connectivity index (χ0) is 13.1. The van der Waals surface area contributed by atoms with Gasteiger partial charge in [0.2, 0.25) is 12.5 Å². The lowest BCUT2D eigenvalue weighted by Crippen LogP contribution is -2.33. The largest absolute Gasteiger partial charge is 0.493 e. The summed E-state index contributed by atoms with van der Waals surface area (Å²) in [6, 6.07) is 4.68. The first-order valence-corrected chi connectivity index (χ1v) is 7.80. The summed E-state index contributed by atoms with van der Waals surface area (Å²) >= 11 is 2.03. The van der Waals surface area contributed by atoms with Crippen LogP contribution in [0.25, 0.3) is 0 Å². The minimum absolute atomic E-state index is 0.280. The van der Waals surface area contributed by atoms with Gasteiger partial charge in [-0.1, -0.05) is 0 Å². The molecule has 1 N–H and O–H groups in total. The van der Waals surface area contributed by atoms with Gasteiger partial charge in [0, 0.05) is 18.3 Å². The summed E-state index contributed by atoms with van der Waals surface area (Å²) in [7, 11) is 1.66. The quantitative estimate of drug-likeness (QED) is 0.917. The molecule has 0 amide bonds. The first-order chi connectivity index (χ1) is 9.36. The van der Waals surface area contributed by atoms with Crippen molar-refractivity contribution in [2.24, 2.45) is 0 Å². The molecule has 2 heterocycles. The number of rotatable bonds is 4. The minimum Gasteiger partial charge on any atom is -0.493 e. The predicted molar refractivity (Wildman–Crippen MR) is 76.3 cm³/mol. The number of hydrogen-bond donors (Lipinski definition) is 1. The summed E-state index contributed by atoms with van der Waals surface area (Å²) in [4.78, 5) is 0. The van der Waals surface area contributed by atoms with E-state index in [9.17, 15) is 0 Å². The second kappa shape index (κ2) is 5.92. The van der Waals surface area contributed by atoms with Gasteiger partial charge in [0.1, 0.15) is 0 Å². The zero-order valence-electron chi connectivity index (χ0n) is 11.1. The fourth-order valence-electron chi connectivity index (χ4n) is 2.45. The normalized spacial score (nSPS) is 21.4. The van der Waals surface area contributed by atoms with E-state index < -0.39 is 0 Å². The van der Waals surface area contributed by atoms with E-state index in [2.05, 4.69) is 5.32 Å². The molecule has 2 aliphatic heterocycles. The molecule has 104 valence electrons. The first-order valence-electron chi connectivity index (χ1n) is 6.64. The molecular weight excluding hydrogens is 262 g/mol. The molecule has 0 aromatic heterocycles. The smallest absolute Gasteiger partial charge is 0.231 e. The van der Waals surface area contributed by atoms with Crippen LogP contribution in [0.4, 0.5) is 0 Å². The summed E-state index contributed by atoms with van der Waals surface area (Å²) in [6.07, 6.45) is 2.58. The van der Waals surface area contributed by atoms with Gasteiger partial charge in [0.05, 0.1) is 7.11 Å². The van der Waals surface area contributed by atoms with Crippen LogP contribution in [-0.4, -0.2) is 31.5 Å². The third kappa shape index (κ3) is 2.92. The second-order valence-electron chi connectivity index (χ2n) is 4.83. The van der Waals surface area contributed by atoms with Crippen molar-refractivity contribution >= 4 is 11.8 Å². The van der Waals surface area contributed by atoms with E-state index in [1.54, 1.807) is 7.11 Å². The Kier molecular flexibility index (Phi) is 4.03. The number of nitrogens with one attached hydrogen (secondary N) is 1. The van der Waals surface area contributed by atoms with E-state index in [0.717, 1.165) is 23.8 Å². The van der Waals surface area contributed by atoms with E-state index in [-0.39, 0.29) is 6.79 Å². The van der Waals surface area contributed by atoms with Crippen molar-refractivity contribution in [3.8, 4) is 17.2 Å². The van der Waals surface area contributed by atoms with Gasteiger partial charge in [-0.05, 0) is 36.3 Å². The van der Waals surface area contributed by atoms with Crippen LogP contribution in [0, 0.1) is 0 Å². The maximum Gasteiger partial charge on any atom is 0.231 e. The van der Waals surface area contributed by atoms with Gasteiger partial charge in [-0.25, -0.2) is 0 Å². The summed E-state index contributed by atoms with van der Waals surface area (Å²) in [6.45, 7) is 1.13. The fraction of sp³-hybridized carbons (Fsp3) is 0.571. The Bertz CT molecular complexity index is 447. The Morgan fingerprint density at radius 2 is 2.37 bits per heavy atom. The average Bonchev–Trinajstić information content (AvgIpc) is 2.93. The van der Waals surface area contributed by atoms with Crippen LogP contribution in [0.1, 0.15) is 18.4 Å². The van der Waals surface area contributed by atoms with Crippen LogP contribution in [0.3, 0.4) is 0 Å². The summed E-state index contributed by atoms with van der Waals surface area (Å²) in [5.74, 6) is 4.77. The highest BCUT2D eigenvalue weighted by Gasteiger charge is 2.20. The van der Waals surface area contributed by atoms with E-state index >= 15 is 0 Å². The third-order valence-corrected chi connectivity index (χ3v) is 4.69. The number of ether oxygens (including phenoxy) is 3. The van der Waals surface area contributed by atoms with Gasteiger partial charge in [-0.2, -0.15) is 11.8 Å². The third-order valence-electron chi connectivity index (χ3n) is 3.47. The minimum atomic E-state index is 0.280.